The molecule has 0 radical (unpaired) electrons. The van der Waals surface area contributed by atoms with E-state index in [4.69, 9.17) is 11.1 Å². The standard InChI is InChI=1S/C15H12FN5/c16-10-6-7-12-11(8-10)13(9-4-2-1-3-5-9)20-15(19-12)21-14(17)18/h1-8H,(H4,17,18,19,20,21). The molecule has 0 aliphatic heterocycles. The minimum Gasteiger partial charge on any atom is -0.370 e. The summed E-state index contributed by atoms with van der Waals surface area (Å²) in [5.74, 6) is -0.397. The van der Waals surface area contributed by atoms with Gasteiger partial charge in [0.1, 0.15) is 5.82 Å². The Kier molecular flexibility index (Phi) is 3.19. The van der Waals surface area contributed by atoms with Crippen molar-refractivity contribution in [2.75, 3.05) is 5.32 Å². The Morgan fingerprint density at radius 1 is 1.10 bits per heavy atom. The number of anilines is 1. The van der Waals surface area contributed by atoms with E-state index in [1.807, 2.05) is 30.3 Å². The number of hydrogen-bond acceptors (Lipinski definition) is 3. The topological polar surface area (TPSA) is 87.7 Å². The number of nitrogens with zero attached hydrogens (tertiary/aromatic N) is 2. The molecule has 3 rings (SSSR count). The highest BCUT2D eigenvalue weighted by molar-refractivity contribution is 5.95. The van der Waals surface area contributed by atoms with Crippen LogP contribution in [0.5, 0.6) is 0 Å². The minimum absolute atomic E-state index is 0.209. The van der Waals surface area contributed by atoms with Crippen molar-refractivity contribution >= 4 is 22.8 Å². The monoisotopic (exact) mass is 281 g/mol. The number of nitrogens with two attached hydrogens (primary N) is 1. The fourth-order valence-corrected chi connectivity index (χ4v) is 2.09. The van der Waals surface area contributed by atoms with Crippen LogP contribution in [0.2, 0.25) is 0 Å². The Hall–Kier alpha value is -3.02. The highest BCUT2D eigenvalue weighted by Crippen LogP contribution is 2.27. The third-order valence-electron chi connectivity index (χ3n) is 2.95. The van der Waals surface area contributed by atoms with E-state index in [1.165, 1.54) is 12.1 Å². The van der Waals surface area contributed by atoms with Crippen LogP contribution in [0.4, 0.5) is 10.3 Å². The number of fused-ring (bicyclic) bond motifs is 1. The fourth-order valence-electron chi connectivity index (χ4n) is 2.09. The maximum absolute atomic E-state index is 13.5. The van der Waals surface area contributed by atoms with Gasteiger partial charge in [-0.05, 0) is 18.2 Å². The summed E-state index contributed by atoms with van der Waals surface area (Å²) in [4.78, 5) is 8.58. The van der Waals surface area contributed by atoms with E-state index < -0.39 is 0 Å². The van der Waals surface area contributed by atoms with Gasteiger partial charge in [-0.15, -0.1) is 0 Å². The molecule has 0 aliphatic rings. The SMILES string of the molecule is N=C(N)Nc1nc(-c2ccccc2)c2cc(F)ccc2n1. The molecule has 2 aromatic carbocycles. The Balaban J connectivity index is 2.28. The van der Waals surface area contributed by atoms with Crippen LogP contribution in [0, 0.1) is 11.2 Å². The van der Waals surface area contributed by atoms with E-state index in [2.05, 4.69) is 15.3 Å². The van der Waals surface area contributed by atoms with Crippen LogP contribution in [-0.4, -0.2) is 15.9 Å². The van der Waals surface area contributed by atoms with Gasteiger partial charge in [0, 0.05) is 10.9 Å². The quantitative estimate of drug-likeness (QED) is 0.498. The zero-order valence-corrected chi connectivity index (χ0v) is 11.0. The van der Waals surface area contributed by atoms with Crippen LogP contribution in [0.15, 0.2) is 48.5 Å². The van der Waals surface area contributed by atoms with Gasteiger partial charge in [0.25, 0.3) is 0 Å². The summed E-state index contributed by atoms with van der Waals surface area (Å²) in [6, 6.07) is 13.7. The molecule has 0 saturated carbocycles. The Bertz CT molecular complexity index is 817. The van der Waals surface area contributed by atoms with Gasteiger partial charge < -0.3 is 5.73 Å². The number of nitrogens with one attached hydrogen (secondary N) is 2. The highest BCUT2D eigenvalue weighted by atomic mass is 19.1. The normalized spacial score (nSPS) is 10.5. The maximum atomic E-state index is 13.5. The van der Waals surface area contributed by atoms with E-state index in [9.17, 15) is 4.39 Å². The molecule has 104 valence electrons. The van der Waals surface area contributed by atoms with Crippen LogP contribution in [0.25, 0.3) is 22.2 Å². The third kappa shape index (κ3) is 2.64. The zero-order chi connectivity index (χ0) is 14.8. The van der Waals surface area contributed by atoms with Gasteiger partial charge in [0.05, 0.1) is 11.2 Å². The number of hydrogen-bond donors (Lipinski definition) is 3. The summed E-state index contributed by atoms with van der Waals surface area (Å²) in [6.07, 6.45) is 0. The first-order chi connectivity index (χ1) is 10.1. The molecule has 1 heterocycles. The van der Waals surface area contributed by atoms with Gasteiger partial charge in [-0.2, -0.15) is 0 Å². The van der Waals surface area contributed by atoms with E-state index in [-0.39, 0.29) is 17.7 Å². The molecule has 6 heteroatoms. The van der Waals surface area contributed by atoms with Crippen molar-refractivity contribution in [3.05, 3.63) is 54.3 Å². The summed E-state index contributed by atoms with van der Waals surface area (Å²) in [7, 11) is 0. The second-order valence-corrected chi connectivity index (χ2v) is 4.46. The summed E-state index contributed by atoms with van der Waals surface area (Å²) >= 11 is 0. The lowest BCUT2D eigenvalue weighted by Gasteiger charge is -2.09. The highest BCUT2D eigenvalue weighted by Gasteiger charge is 2.11. The summed E-state index contributed by atoms with van der Waals surface area (Å²) in [5.41, 5.74) is 7.31. The molecule has 0 bridgehead atoms. The minimum atomic E-state index is -0.351. The fraction of sp³-hybridized carbons (Fsp3) is 0. The van der Waals surface area contributed by atoms with E-state index >= 15 is 0 Å². The molecular weight excluding hydrogens is 269 g/mol. The van der Waals surface area contributed by atoms with Crippen LogP contribution in [0.1, 0.15) is 0 Å². The summed E-state index contributed by atoms with van der Waals surface area (Å²) < 4.78 is 13.5. The molecule has 0 atom stereocenters. The average Bonchev–Trinajstić information content (AvgIpc) is 2.47. The van der Waals surface area contributed by atoms with E-state index in [0.717, 1.165) is 5.56 Å². The second kappa shape index (κ2) is 5.16. The van der Waals surface area contributed by atoms with Crippen molar-refractivity contribution in [1.29, 1.82) is 5.41 Å². The van der Waals surface area contributed by atoms with Gasteiger partial charge in [-0.3, -0.25) is 10.7 Å². The second-order valence-electron chi connectivity index (χ2n) is 4.46. The Morgan fingerprint density at radius 2 is 1.86 bits per heavy atom. The molecule has 0 aliphatic carbocycles. The van der Waals surface area contributed by atoms with Crippen molar-refractivity contribution in [2.45, 2.75) is 0 Å². The molecular formula is C15H12FN5. The van der Waals surface area contributed by atoms with Crippen LogP contribution in [0.3, 0.4) is 0 Å². The summed E-state index contributed by atoms with van der Waals surface area (Å²) in [5, 5.41) is 10.4. The van der Waals surface area contributed by atoms with E-state index in [1.54, 1.807) is 6.07 Å². The number of aromatic nitrogens is 2. The van der Waals surface area contributed by atoms with Crippen molar-refractivity contribution in [3.8, 4) is 11.3 Å². The number of guanidine groups is 1. The van der Waals surface area contributed by atoms with Gasteiger partial charge in [0.15, 0.2) is 5.96 Å². The average molecular weight is 281 g/mol. The van der Waals surface area contributed by atoms with Gasteiger partial charge in [-0.1, -0.05) is 30.3 Å². The number of halogens is 1. The van der Waals surface area contributed by atoms with E-state index in [0.29, 0.717) is 16.6 Å². The lowest BCUT2D eigenvalue weighted by Crippen LogP contribution is -2.22. The molecule has 21 heavy (non-hydrogen) atoms. The number of benzene rings is 2. The molecule has 3 aromatic rings. The predicted octanol–water partition coefficient (Wildman–Crippen LogP) is 2.74. The van der Waals surface area contributed by atoms with Crippen molar-refractivity contribution in [2.24, 2.45) is 5.73 Å². The maximum Gasteiger partial charge on any atom is 0.230 e. The lowest BCUT2D eigenvalue weighted by molar-refractivity contribution is 0.629. The molecule has 0 amide bonds. The van der Waals surface area contributed by atoms with Crippen molar-refractivity contribution in [1.82, 2.24) is 9.97 Å². The first-order valence-corrected chi connectivity index (χ1v) is 6.27. The van der Waals surface area contributed by atoms with Crippen LogP contribution < -0.4 is 11.1 Å². The molecule has 0 fully saturated rings. The molecule has 1 aromatic heterocycles. The molecule has 0 unspecified atom stereocenters. The molecule has 5 nitrogen and oxygen atoms in total. The molecule has 0 saturated heterocycles. The first-order valence-electron chi connectivity index (χ1n) is 6.27. The van der Waals surface area contributed by atoms with Gasteiger partial charge >= 0.3 is 0 Å². The predicted molar refractivity (Wildman–Crippen MR) is 80.5 cm³/mol. The van der Waals surface area contributed by atoms with Crippen molar-refractivity contribution in [3.63, 3.8) is 0 Å². The third-order valence-corrected chi connectivity index (χ3v) is 2.95. The van der Waals surface area contributed by atoms with Crippen molar-refractivity contribution < 1.29 is 4.39 Å². The smallest absolute Gasteiger partial charge is 0.230 e. The largest absolute Gasteiger partial charge is 0.370 e. The first kappa shape index (κ1) is 13.0. The van der Waals surface area contributed by atoms with Crippen LogP contribution >= 0.6 is 0 Å². The summed E-state index contributed by atoms with van der Waals surface area (Å²) in [6.45, 7) is 0. The molecule has 4 N–H and O–H groups in total. The lowest BCUT2D eigenvalue weighted by atomic mass is 10.1. The van der Waals surface area contributed by atoms with Crippen LogP contribution in [-0.2, 0) is 0 Å². The Labute approximate surface area is 120 Å². The van der Waals surface area contributed by atoms with Gasteiger partial charge in [0.2, 0.25) is 5.95 Å². The number of rotatable bonds is 2. The zero-order valence-electron chi connectivity index (χ0n) is 11.0. The van der Waals surface area contributed by atoms with Gasteiger partial charge in [-0.25, -0.2) is 14.4 Å². The Morgan fingerprint density at radius 3 is 2.57 bits per heavy atom. The molecule has 0 spiro atoms.